The first-order valence-electron chi connectivity index (χ1n) is 12.6. The summed E-state index contributed by atoms with van der Waals surface area (Å²) in [6, 6.07) is 13.0. The second-order valence-corrected chi connectivity index (χ2v) is 10.4. The molecule has 4 heterocycles. The van der Waals surface area contributed by atoms with Gasteiger partial charge in [-0.15, -0.1) is 0 Å². The normalized spacial score (nSPS) is 13.0. The van der Waals surface area contributed by atoms with E-state index >= 15 is 0 Å². The molecule has 0 radical (unpaired) electrons. The lowest BCUT2D eigenvalue weighted by atomic mass is 9.94. The van der Waals surface area contributed by atoms with Crippen LogP contribution in [0.5, 0.6) is 11.5 Å². The van der Waals surface area contributed by atoms with Crippen molar-refractivity contribution in [3.05, 3.63) is 75.7 Å². The molecule has 6 heteroatoms. The Morgan fingerprint density at radius 2 is 1.58 bits per heavy atom. The molecule has 0 bridgehead atoms. The molecule has 0 saturated carbocycles. The smallest absolute Gasteiger partial charge is 0.231 e. The van der Waals surface area contributed by atoms with Gasteiger partial charge in [-0.25, -0.2) is 4.98 Å². The molecular formula is C30H32N4O2. The third-order valence-electron chi connectivity index (χ3n) is 7.30. The molecule has 2 aromatic carbocycles. The summed E-state index contributed by atoms with van der Waals surface area (Å²) >= 11 is 0. The molecule has 184 valence electrons. The summed E-state index contributed by atoms with van der Waals surface area (Å²) in [6.07, 6.45) is 0. The van der Waals surface area contributed by atoms with Crippen molar-refractivity contribution in [1.29, 1.82) is 0 Å². The van der Waals surface area contributed by atoms with E-state index in [1.54, 1.807) is 0 Å². The lowest BCUT2D eigenvalue weighted by Crippen LogP contribution is -2.09. The first-order valence-corrected chi connectivity index (χ1v) is 12.6. The quantitative estimate of drug-likeness (QED) is 0.284. The van der Waals surface area contributed by atoms with E-state index in [9.17, 15) is 0 Å². The topological polar surface area (TPSA) is 53.6 Å². The fraction of sp³-hybridized carbons (Fsp3) is 0.333. The highest BCUT2D eigenvalue weighted by Crippen LogP contribution is 2.37. The van der Waals surface area contributed by atoms with Crippen LogP contribution >= 0.6 is 0 Å². The van der Waals surface area contributed by atoms with E-state index in [0.29, 0.717) is 12.5 Å². The Balaban J connectivity index is 1.63. The molecule has 0 atom stereocenters. The van der Waals surface area contributed by atoms with Gasteiger partial charge in [-0.1, -0.05) is 37.6 Å². The summed E-state index contributed by atoms with van der Waals surface area (Å²) in [5.41, 5.74) is 12.6. The maximum Gasteiger partial charge on any atom is 0.231 e. The van der Waals surface area contributed by atoms with Crippen molar-refractivity contribution in [3.63, 3.8) is 0 Å². The van der Waals surface area contributed by atoms with E-state index in [1.165, 1.54) is 27.9 Å². The second kappa shape index (κ2) is 8.12. The highest BCUT2D eigenvalue weighted by molar-refractivity contribution is 5.90. The summed E-state index contributed by atoms with van der Waals surface area (Å²) in [7, 11) is 0. The van der Waals surface area contributed by atoms with Crippen LogP contribution in [0.25, 0.3) is 27.8 Å². The third-order valence-corrected chi connectivity index (χ3v) is 7.30. The van der Waals surface area contributed by atoms with Crippen LogP contribution in [-0.2, 0) is 6.54 Å². The van der Waals surface area contributed by atoms with Crippen molar-refractivity contribution in [1.82, 2.24) is 19.2 Å². The van der Waals surface area contributed by atoms with Crippen LogP contribution in [0, 0.1) is 34.6 Å². The van der Waals surface area contributed by atoms with Gasteiger partial charge in [0, 0.05) is 17.6 Å². The number of aromatic nitrogens is 4. The van der Waals surface area contributed by atoms with Crippen molar-refractivity contribution in [3.8, 4) is 22.6 Å². The fourth-order valence-electron chi connectivity index (χ4n) is 5.77. The number of hydrogen-bond acceptors (Lipinski definition) is 4. The molecule has 5 aromatic rings. The van der Waals surface area contributed by atoms with Crippen molar-refractivity contribution in [2.45, 2.75) is 60.9 Å². The summed E-state index contributed by atoms with van der Waals surface area (Å²) in [4.78, 5) is 5.12. The number of fused-ring (bicyclic) bond motifs is 4. The van der Waals surface area contributed by atoms with Crippen LogP contribution in [0.2, 0.25) is 0 Å². The van der Waals surface area contributed by atoms with E-state index in [-0.39, 0.29) is 6.79 Å². The third kappa shape index (κ3) is 3.39. The van der Waals surface area contributed by atoms with Crippen molar-refractivity contribution in [2.24, 2.45) is 0 Å². The highest BCUT2D eigenvalue weighted by Gasteiger charge is 2.24. The monoisotopic (exact) mass is 480 g/mol. The minimum atomic E-state index is 0.279. The Kier molecular flexibility index (Phi) is 5.11. The lowest BCUT2D eigenvalue weighted by Gasteiger charge is -2.15. The average molecular weight is 481 g/mol. The zero-order chi connectivity index (χ0) is 25.3. The maximum absolute atomic E-state index is 5.65. The summed E-state index contributed by atoms with van der Waals surface area (Å²) in [5, 5.41) is 6.22. The van der Waals surface area contributed by atoms with Gasteiger partial charge in [0.25, 0.3) is 0 Å². The van der Waals surface area contributed by atoms with Crippen LogP contribution in [0.15, 0.2) is 36.4 Å². The Morgan fingerprint density at radius 3 is 2.31 bits per heavy atom. The van der Waals surface area contributed by atoms with Crippen LogP contribution in [0.4, 0.5) is 0 Å². The van der Waals surface area contributed by atoms with Gasteiger partial charge in [0.1, 0.15) is 5.65 Å². The molecule has 0 fully saturated rings. The lowest BCUT2D eigenvalue weighted by molar-refractivity contribution is 0.174. The Morgan fingerprint density at radius 1 is 0.861 bits per heavy atom. The zero-order valence-corrected chi connectivity index (χ0v) is 22.1. The predicted molar refractivity (Wildman–Crippen MR) is 143 cm³/mol. The number of ether oxygens (including phenoxy) is 2. The Labute approximate surface area is 211 Å². The molecule has 0 aliphatic carbocycles. The van der Waals surface area contributed by atoms with Crippen molar-refractivity contribution in [2.75, 3.05) is 6.79 Å². The highest BCUT2D eigenvalue weighted by atomic mass is 16.7. The Bertz CT molecular complexity index is 1650. The van der Waals surface area contributed by atoms with Gasteiger partial charge < -0.3 is 14.0 Å². The van der Waals surface area contributed by atoms with Crippen LogP contribution < -0.4 is 9.47 Å². The van der Waals surface area contributed by atoms with Gasteiger partial charge in [-0.05, 0) is 81.0 Å². The minimum absolute atomic E-state index is 0.279. The first kappa shape index (κ1) is 22.7. The second-order valence-electron chi connectivity index (χ2n) is 10.4. The largest absolute Gasteiger partial charge is 0.454 e. The predicted octanol–water partition coefficient (Wildman–Crippen LogP) is 6.79. The van der Waals surface area contributed by atoms with Crippen LogP contribution in [0.1, 0.15) is 59.1 Å². The number of nitrogens with zero attached hydrogens (tertiary/aromatic N) is 4. The number of benzene rings is 2. The van der Waals surface area contributed by atoms with E-state index in [1.807, 2.05) is 6.07 Å². The maximum atomic E-state index is 5.65. The molecule has 3 aromatic heterocycles. The average Bonchev–Trinajstić information content (AvgIpc) is 3.50. The van der Waals surface area contributed by atoms with E-state index < -0.39 is 0 Å². The van der Waals surface area contributed by atoms with E-state index in [0.717, 1.165) is 50.7 Å². The number of hydrogen-bond donors (Lipinski definition) is 0. The van der Waals surface area contributed by atoms with E-state index in [2.05, 4.69) is 87.9 Å². The van der Waals surface area contributed by atoms with Gasteiger partial charge >= 0.3 is 0 Å². The first-order chi connectivity index (χ1) is 17.2. The van der Waals surface area contributed by atoms with Gasteiger partial charge in [-0.3, -0.25) is 0 Å². The van der Waals surface area contributed by atoms with Crippen molar-refractivity contribution < 1.29 is 9.47 Å². The molecule has 1 aliphatic rings. The molecule has 6 nitrogen and oxygen atoms in total. The van der Waals surface area contributed by atoms with Gasteiger partial charge in [0.15, 0.2) is 17.1 Å². The molecule has 0 saturated heterocycles. The van der Waals surface area contributed by atoms with E-state index in [4.69, 9.17) is 19.6 Å². The number of rotatable bonds is 4. The number of aryl methyl sites for hydroxylation is 5. The molecule has 1 aliphatic heterocycles. The van der Waals surface area contributed by atoms with Crippen LogP contribution in [-0.4, -0.2) is 26.0 Å². The van der Waals surface area contributed by atoms with Crippen LogP contribution in [0.3, 0.4) is 0 Å². The summed E-state index contributed by atoms with van der Waals surface area (Å²) in [6.45, 7) is 16.2. The molecule has 0 unspecified atom stereocenters. The summed E-state index contributed by atoms with van der Waals surface area (Å²) < 4.78 is 15.6. The zero-order valence-electron chi connectivity index (χ0n) is 22.1. The van der Waals surface area contributed by atoms with Gasteiger partial charge in [0.05, 0.1) is 17.0 Å². The SMILES string of the molecule is Cc1cc(C)c(-c2c(C)nn3c2nc(C)c2cc(C(C)C)n(Cc4ccc5c(c4)OCO5)c23)c(C)c1. The molecule has 0 amide bonds. The summed E-state index contributed by atoms with van der Waals surface area (Å²) in [5.74, 6) is 1.96. The molecule has 0 N–H and O–H groups in total. The van der Waals surface area contributed by atoms with Gasteiger partial charge in [0.2, 0.25) is 6.79 Å². The molecular weight excluding hydrogens is 448 g/mol. The van der Waals surface area contributed by atoms with Crippen molar-refractivity contribution >= 4 is 16.7 Å². The Hall–Kier alpha value is -3.80. The minimum Gasteiger partial charge on any atom is -0.454 e. The van der Waals surface area contributed by atoms with Gasteiger partial charge in [-0.2, -0.15) is 9.61 Å². The fourth-order valence-corrected chi connectivity index (χ4v) is 5.77. The molecule has 0 spiro atoms. The molecule has 6 rings (SSSR count). The standard InChI is InChI=1S/C30H32N4O2/c1-16(2)24-13-23-20(6)31-29-28(27-18(4)10-17(3)11-19(27)5)21(7)32-34(29)30(23)33(24)14-22-8-9-25-26(12-22)36-15-35-25/h8-13,16H,14-15H2,1-7H3. The molecule has 36 heavy (non-hydrogen) atoms.